The summed E-state index contributed by atoms with van der Waals surface area (Å²) >= 11 is 0. The summed E-state index contributed by atoms with van der Waals surface area (Å²) in [5, 5.41) is 23.0. The minimum absolute atomic E-state index is 0.0672. The van der Waals surface area contributed by atoms with Crippen LogP contribution in [0.4, 0.5) is 0 Å². The third-order valence-corrected chi connectivity index (χ3v) is 6.79. The van der Waals surface area contributed by atoms with Gasteiger partial charge in [-0.1, -0.05) is 18.2 Å². The number of aryl methyl sites for hydroxylation is 1. The van der Waals surface area contributed by atoms with Gasteiger partial charge in [0.05, 0.1) is 21.5 Å². The first-order chi connectivity index (χ1) is 15.2. The first-order valence-electron chi connectivity index (χ1n) is 9.96. The first-order valence-corrected chi connectivity index (χ1v) is 11.4. The molecule has 0 spiro atoms. The molecule has 1 amide bonds. The number of aromatic hydroxyl groups is 1. The second kappa shape index (κ2) is 9.90. The minimum Gasteiger partial charge on any atom is -0.507 e. The fraction of sp³-hybridized carbons (Fsp3) is 0.217. The number of hydrogen-bond donors (Lipinski definition) is 4. The molecule has 1 aromatic heterocycles. The number of nitrogens with one attached hydrogen (secondary N) is 1. The molecule has 168 valence electrons. The maximum atomic E-state index is 12.8. The van der Waals surface area contributed by atoms with Crippen molar-refractivity contribution in [3.8, 4) is 5.75 Å². The van der Waals surface area contributed by atoms with Crippen molar-refractivity contribution >= 4 is 15.7 Å². The summed E-state index contributed by atoms with van der Waals surface area (Å²) in [6.45, 7) is 2.86. The van der Waals surface area contributed by atoms with Crippen LogP contribution >= 0.6 is 0 Å². The van der Waals surface area contributed by atoms with Crippen molar-refractivity contribution in [2.45, 2.75) is 29.2 Å². The lowest BCUT2D eigenvalue weighted by molar-refractivity contribution is 0.0997. The van der Waals surface area contributed by atoms with Gasteiger partial charge in [-0.15, -0.1) is 0 Å². The Kier molecular flexibility index (Phi) is 7.24. The predicted molar refractivity (Wildman–Crippen MR) is 119 cm³/mol. The van der Waals surface area contributed by atoms with Gasteiger partial charge in [0.15, 0.2) is 0 Å². The second-order valence-electron chi connectivity index (χ2n) is 7.39. The van der Waals surface area contributed by atoms with Gasteiger partial charge in [0.1, 0.15) is 5.75 Å². The van der Waals surface area contributed by atoms with Crippen molar-refractivity contribution in [2.75, 3.05) is 13.1 Å². The third-order valence-electron chi connectivity index (χ3n) is 5.02. The number of benzene rings is 2. The Morgan fingerprint density at radius 3 is 2.41 bits per heavy atom. The van der Waals surface area contributed by atoms with Gasteiger partial charge < -0.3 is 21.3 Å². The third kappa shape index (κ3) is 5.50. The summed E-state index contributed by atoms with van der Waals surface area (Å²) in [4.78, 5) is 15.5. The van der Waals surface area contributed by atoms with Crippen molar-refractivity contribution < 1.29 is 23.4 Å². The molecule has 9 heteroatoms. The molecular weight excluding hydrogens is 430 g/mol. The van der Waals surface area contributed by atoms with Crippen LogP contribution in [0.1, 0.15) is 33.3 Å². The van der Waals surface area contributed by atoms with Crippen molar-refractivity contribution in [2.24, 2.45) is 5.73 Å². The summed E-state index contributed by atoms with van der Waals surface area (Å²) in [5.74, 6) is -1.28. The molecule has 0 saturated heterocycles. The van der Waals surface area contributed by atoms with Gasteiger partial charge in [0.25, 0.3) is 5.91 Å². The molecule has 0 aliphatic rings. The van der Waals surface area contributed by atoms with Crippen LogP contribution in [0.15, 0.2) is 70.6 Å². The molecule has 0 aliphatic heterocycles. The Morgan fingerprint density at radius 2 is 1.78 bits per heavy atom. The van der Waals surface area contributed by atoms with E-state index < -0.39 is 21.8 Å². The highest BCUT2D eigenvalue weighted by Gasteiger charge is 2.20. The molecule has 8 nitrogen and oxygen atoms in total. The zero-order valence-corrected chi connectivity index (χ0v) is 18.3. The largest absolute Gasteiger partial charge is 0.507 e. The van der Waals surface area contributed by atoms with Crippen LogP contribution < -0.4 is 11.1 Å². The predicted octanol–water partition coefficient (Wildman–Crippen LogP) is 1.89. The van der Waals surface area contributed by atoms with E-state index in [0.29, 0.717) is 19.5 Å². The van der Waals surface area contributed by atoms with E-state index >= 15 is 0 Å². The average Bonchev–Trinajstić information content (AvgIpc) is 2.77. The quantitative estimate of drug-likeness (QED) is 0.361. The van der Waals surface area contributed by atoms with Gasteiger partial charge in [-0.2, -0.15) is 0 Å². The Bertz CT molecular complexity index is 1190. The number of aliphatic hydroxyl groups is 1. The summed E-state index contributed by atoms with van der Waals surface area (Å²) in [5.41, 5.74) is 7.48. The Balaban J connectivity index is 1.59. The zero-order chi connectivity index (χ0) is 23.3. The number of carbonyl (C=O) groups excluding carboxylic acids is 1. The van der Waals surface area contributed by atoms with Crippen LogP contribution in [0.3, 0.4) is 0 Å². The lowest BCUT2D eigenvalue weighted by Crippen LogP contribution is -2.23. The average molecular weight is 456 g/mol. The fourth-order valence-electron chi connectivity index (χ4n) is 3.12. The van der Waals surface area contributed by atoms with Gasteiger partial charge in [-0.3, -0.25) is 9.78 Å². The van der Waals surface area contributed by atoms with E-state index in [9.17, 15) is 23.4 Å². The van der Waals surface area contributed by atoms with Crippen molar-refractivity contribution in [3.63, 3.8) is 0 Å². The summed E-state index contributed by atoms with van der Waals surface area (Å²) in [7, 11) is -3.87. The Labute approximate surface area is 186 Å². The monoisotopic (exact) mass is 455 g/mol. The maximum absolute atomic E-state index is 12.8. The molecule has 0 unspecified atom stereocenters. The molecule has 1 heterocycles. The van der Waals surface area contributed by atoms with Crippen LogP contribution in [0.2, 0.25) is 0 Å². The molecule has 2 aromatic carbocycles. The first kappa shape index (κ1) is 23.4. The highest BCUT2D eigenvalue weighted by molar-refractivity contribution is 7.91. The molecule has 0 bridgehead atoms. The standard InChI is InChI=1S/C23H25N3O5S/c1-15-2-5-17(13-26-15)22(28)14-25-11-10-16-3-6-18(7-4-16)32(30,31)19-8-9-21(27)20(12-19)23(24)29/h2-9,12-13,22,25,27-28H,10-11,14H2,1H3,(H2,24,29)/t22-/m0/s1. The van der Waals surface area contributed by atoms with E-state index in [2.05, 4.69) is 10.3 Å². The number of nitrogens with zero attached hydrogens (tertiary/aromatic N) is 1. The SMILES string of the molecule is Cc1ccc([C@@H](O)CNCCc2ccc(S(=O)(=O)c3ccc(O)c(C(N)=O)c3)cc2)cn1. The number of rotatable bonds is 9. The van der Waals surface area contributed by atoms with E-state index in [4.69, 9.17) is 5.73 Å². The highest BCUT2D eigenvalue weighted by atomic mass is 32.2. The molecule has 1 atom stereocenters. The van der Waals surface area contributed by atoms with Crippen LogP contribution in [-0.4, -0.2) is 42.6 Å². The van der Waals surface area contributed by atoms with E-state index in [1.54, 1.807) is 18.3 Å². The summed E-state index contributed by atoms with van der Waals surface area (Å²) < 4.78 is 25.7. The minimum atomic E-state index is -3.87. The number of aromatic nitrogens is 1. The number of aliphatic hydroxyl groups excluding tert-OH is 1. The molecule has 3 aromatic rings. The number of hydrogen-bond acceptors (Lipinski definition) is 7. The topological polar surface area (TPSA) is 143 Å². The number of sulfone groups is 1. The van der Waals surface area contributed by atoms with Crippen LogP contribution in [-0.2, 0) is 16.3 Å². The molecule has 0 aliphatic carbocycles. The van der Waals surface area contributed by atoms with E-state index in [-0.39, 0.29) is 21.1 Å². The highest BCUT2D eigenvalue weighted by Crippen LogP contribution is 2.26. The van der Waals surface area contributed by atoms with Crippen LogP contribution in [0.25, 0.3) is 0 Å². The number of nitrogens with two attached hydrogens (primary N) is 1. The van der Waals surface area contributed by atoms with Gasteiger partial charge in [-0.05, 0) is 61.9 Å². The number of phenols is 1. The van der Waals surface area contributed by atoms with E-state index in [1.807, 2.05) is 19.1 Å². The number of amides is 1. The van der Waals surface area contributed by atoms with Gasteiger partial charge in [0.2, 0.25) is 9.84 Å². The van der Waals surface area contributed by atoms with Crippen LogP contribution in [0.5, 0.6) is 5.75 Å². The summed E-state index contributed by atoms with van der Waals surface area (Å²) in [6, 6.07) is 13.5. The van der Waals surface area contributed by atoms with Gasteiger partial charge in [0, 0.05) is 24.0 Å². The number of pyridine rings is 1. The Morgan fingerprint density at radius 1 is 1.09 bits per heavy atom. The normalized spacial score (nSPS) is 12.4. The van der Waals surface area contributed by atoms with Crippen molar-refractivity contribution in [1.82, 2.24) is 10.3 Å². The van der Waals surface area contributed by atoms with E-state index in [0.717, 1.165) is 29.0 Å². The lowest BCUT2D eigenvalue weighted by Gasteiger charge is -2.12. The smallest absolute Gasteiger partial charge is 0.252 e. The number of primary amides is 1. The molecule has 0 radical (unpaired) electrons. The van der Waals surface area contributed by atoms with Crippen molar-refractivity contribution in [3.05, 3.63) is 83.2 Å². The molecule has 0 saturated carbocycles. The van der Waals surface area contributed by atoms with Crippen LogP contribution in [0, 0.1) is 6.92 Å². The lowest BCUT2D eigenvalue weighted by atomic mass is 10.1. The van der Waals surface area contributed by atoms with Gasteiger partial charge >= 0.3 is 0 Å². The molecule has 3 rings (SSSR count). The molecule has 32 heavy (non-hydrogen) atoms. The molecule has 5 N–H and O–H groups in total. The van der Waals surface area contributed by atoms with Gasteiger partial charge in [-0.25, -0.2) is 8.42 Å². The maximum Gasteiger partial charge on any atom is 0.252 e. The molecule has 0 fully saturated rings. The molecular formula is C23H25N3O5S. The number of carbonyl (C=O) groups is 1. The van der Waals surface area contributed by atoms with E-state index in [1.165, 1.54) is 18.2 Å². The fourth-order valence-corrected chi connectivity index (χ4v) is 4.40. The second-order valence-corrected chi connectivity index (χ2v) is 9.34. The zero-order valence-electron chi connectivity index (χ0n) is 17.5. The van der Waals surface area contributed by atoms with Crippen molar-refractivity contribution in [1.29, 1.82) is 0 Å². The summed E-state index contributed by atoms with van der Waals surface area (Å²) in [6.07, 6.45) is 1.64. The Hall–Kier alpha value is -3.27.